The van der Waals surface area contributed by atoms with E-state index in [1.165, 1.54) is 26.0 Å². The molecule has 0 bridgehead atoms. The maximum Gasteiger partial charge on any atom is 0.317 e. The number of hydrogen-bond acceptors (Lipinski definition) is 4. The fourth-order valence-corrected chi connectivity index (χ4v) is 3.65. The maximum atomic E-state index is 12.4. The Morgan fingerprint density at radius 2 is 1.96 bits per heavy atom. The summed E-state index contributed by atoms with van der Waals surface area (Å²) >= 11 is 7.56. The number of nitrogens with zero attached hydrogens (tertiary/aromatic N) is 1. The Hall–Kier alpha value is -2.38. The Morgan fingerprint density at radius 3 is 2.65 bits per heavy atom. The van der Waals surface area contributed by atoms with Crippen LogP contribution in [-0.2, 0) is 11.8 Å². The number of fused-ring (bicyclic) bond motifs is 1. The Kier molecular flexibility index (Phi) is 5.58. The number of hydrogen-bond donors (Lipinski definition) is 2. The molecule has 0 atom stereocenters. The molecule has 0 saturated heterocycles. The number of aryl methyl sites for hydroxylation is 1. The average Bonchev–Trinajstić information content (AvgIpc) is 2.96. The van der Waals surface area contributed by atoms with Gasteiger partial charge < -0.3 is 14.8 Å². The van der Waals surface area contributed by atoms with Crippen LogP contribution in [0, 0.1) is 0 Å². The van der Waals surface area contributed by atoms with Crippen LogP contribution in [0.3, 0.4) is 0 Å². The second kappa shape index (κ2) is 7.88. The van der Waals surface area contributed by atoms with Gasteiger partial charge in [-0.25, -0.2) is 9.55 Å². The number of ether oxygens (including phenoxy) is 2. The molecule has 0 unspecified atom stereocenters. The molecule has 8 heteroatoms. The number of aromatic amines is 1. The number of aromatic nitrogens is 2. The zero-order valence-electron chi connectivity index (χ0n) is 14.6. The molecule has 0 aliphatic heterocycles. The van der Waals surface area contributed by atoms with Crippen molar-refractivity contribution in [2.45, 2.75) is 5.16 Å². The number of thioether (sulfide) groups is 1. The van der Waals surface area contributed by atoms with Crippen LogP contribution in [0.5, 0.6) is 11.5 Å². The van der Waals surface area contributed by atoms with Crippen molar-refractivity contribution in [1.29, 1.82) is 0 Å². The minimum absolute atomic E-state index is 0.159. The van der Waals surface area contributed by atoms with Crippen LogP contribution in [0.1, 0.15) is 0 Å². The van der Waals surface area contributed by atoms with Crippen molar-refractivity contribution >= 4 is 46.0 Å². The lowest BCUT2D eigenvalue weighted by molar-refractivity contribution is -0.683. The fourth-order valence-electron chi connectivity index (χ4n) is 2.59. The largest absolute Gasteiger partial charge is 0.495 e. The topological polar surface area (TPSA) is 67.2 Å². The summed E-state index contributed by atoms with van der Waals surface area (Å²) in [6, 6.07) is 11.2. The van der Waals surface area contributed by atoms with Crippen LogP contribution in [0.25, 0.3) is 11.0 Å². The molecule has 1 heterocycles. The third kappa shape index (κ3) is 3.73. The fraction of sp³-hybridized carbons (Fsp3) is 0.222. The zero-order valence-corrected chi connectivity index (χ0v) is 16.2. The van der Waals surface area contributed by atoms with Gasteiger partial charge in [0, 0.05) is 6.07 Å². The summed E-state index contributed by atoms with van der Waals surface area (Å²) < 4.78 is 12.5. The first kappa shape index (κ1) is 18.4. The summed E-state index contributed by atoms with van der Waals surface area (Å²) in [5.74, 6) is 1.06. The SMILES string of the molecule is COc1cc(OC)c(NC(=O)CSc2[nH]c3ccccc3[n+]2C)cc1Cl. The molecule has 1 amide bonds. The molecule has 0 aliphatic carbocycles. The van der Waals surface area contributed by atoms with Gasteiger partial charge >= 0.3 is 5.16 Å². The molecule has 3 rings (SSSR count). The number of benzene rings is 2. The third-order valence-corrected chi connectivity index (χ3v) is 5.25. The molecular formula is C18H19ClN3O3S+. The van der Waals surface area contributed by atoms with Crippen LogP contribution >= 0.6 is 23.4 Å². The van der Waals surface area contributed by atoms with Crippen molar-refractivity contribution in [2.75, 3.05) is 25.3 Å². The van der Waals surface area contributed by atoms with E-state index in [1.807, 2.05) is 35.9 Å². The molecule has 3 aromatic rings. The number of methoxy groups -OCH3 is 2. The lowest BCUT2D eigenvalue weighted by atomic mass is 10.2. The summed E-state index contributed by atoms with van der Waals surface area (Å²) in [7, 11) is 5.01. The predicted octanol–water partition coefficient (Wildman–Crippen LogP) is 3.39. The Morgan fingerprint density at radius 1 is 1.23 bits per heavy atom. The minimum atomic E-state index is -0.159. The molecule has 26 heavy (non-hydrogen) atoms. The first-order valence-corrected chi connectivity index (χ1v) is 9.20. The van der Waals surface area contributed by atoms with Crippen LogP contribution in [-0.4, -0.2) is 30.9 Å². The molecule has 6 nitrogen and oxygen atoms in total. The Bertz CT molecular complexity index is 958. The molecular weight excluding hydrogens is 374 g/mol. The Labute approximate surface area is 160 Å². The summed E-state index contributed by atoms with van der Waals surface area (Å²) in [5.41, 5.74) is 2.62. The number of rotatable bonds is 6. The van der Waals surface area contributed by atoms with Crippen molar-refractivity contribution < 1.29 is 18.8 Å². The monoisotopic (exact) mass is 392 g/mol. The van der Waals surface area contributed by atoms with Gasteiger partial charge in [-0.2, -0.15) is 0 Å². The highest BCUT2D eigenvalue weighted by Gasteiger charge is 2.18. The van der Waals surface area contributed by atoms with Crippen molar-refractivity contribution in [1.82, 2.24) is 4.98 Å². The van der Waals surface area contributed by atoms with E-state index in [0.717, 1.165) is 16.2 Å². The number of amides is 1. The van der Waals surface area contributed by atoms with Gasteiger partial charge in [-0.3, -0.25) is 4.79 Å². The van der Waals surface area contributed by atoms with Crippen molar-refractivity contribution in [2.24, 2.45) is 7.05 Å². The van der Waals surface area contributed by atoms with Gasteiger partial charge in [0.15, 0.2) is 11.0 Å². The lowest BCUT2D eigenvalue weighted by Gasteiger charge is -2.12. The van der Waals surface area contributed by atoms with E-state index in [0.29, 0.717) is 22.2 Å². The number of para-hydroxylation sites is 2. The number of carbonyl (C=O) groups is 1. The van der Waals surface area contributed by atoms with Gasteiger partial charge in [0.2, 0.25) is 5.91 Å². The number of imidazole rings is 1. The number of nitrogens with one attached hydrogen (secondary N) is 2. The average molecular weight is 393 g/mol. The van der Waals surface area contributed by atoms with Gasteiger partial charge in [0.05, 0.1) is 37.7 Å². The number of carbonyl (C=O) groups excluding carboxylic acids is 1. The number of H-pyrrole nitrogens is 1. The molecule has 2 aromatic carbocycles. The van der Waals surface area contributed by atoms with Crippen molar-refractivity contribution in [3.8, 4) is 11.5 Å². The van der Waals surface area contributed by atoms with Crippen molar-refractivity contribution in [3.63, 3.8) is 0 Å². The van der Waals surface area contributed by atoms with E-state index in [1.54, 1.807) is 12.1 Å². The lowest BCUT2D eigenvalue weighted by Crippen LogP contribution is -2.29. The van der Waals surface area contributed by atoms with Crippen LogP contribution < -0.4 is 19.4 Å². The predicted molar refractivity (Wildman–Crippen MR) is 103 cm³/mol. The molecule has 0 saturated carbocycles. The molecule has 0 aliphatic rings. The second-order valence-corrected chi connectivity index (χ2v) is 6.90. The highest BCUT2D eigenvalue weighted by atomic mass is 35.5. The first-order valence-electron chi connectivity index (χ1n) is 7.84. The summed E-state index contributed by atoms with van der Waals surface area (Å²) in [4.78, 5) is 15.7. The van der Waals surface area contributed by atoms with Crippen LogP contribution in [0.4, 0.5) is 5.69 Å². The molecule has 2 N–H and O–H groups in total. The molecule has 0 spiro atoms. The van der Waals surface area contributed by atoms with E-state index in [-0.39, 0.29) is 11.7 Å². The normalized spacial score (nSPS) is 10.8. The van der Waals surface area contributed by atoms with Crippen LogP contribution in [0.2, 0.25) is 5.02 Å². The van der Waals surface area contributed by atoms with Crippen LogP contribution in [0.15, 0.2) is 41.6 Å². The van der Waals surface area contributed by atoms with E-state index in [2.05, 4.69) is 10.3 Å². The zero-order chi connectivity index (χ0) is 18.7. The molecule has 1 aromatic heterocycles. The summed E-state index contributed by atoms with van der Waals surface area (Å²) in [6.45, 7) is 0. The smallest absolute Gasteiger partial charge is 0.317 e. The van der Waals surface area contributed by atoms with Gasteiger partial charge in [-0.15, -0.1) is 0 Å². The second-order valence-electron chi connectivity index (χ2n) is 5.53. The van der Waals surface area contributed by atoms with Gasteiger partial charge in [-0.1, -0.05) is 23.7 Å². The third-order valence-electron chi connectivity index (χ3n) is 3.90. The number of anilines is 1. The van der Waals surface area contributed by atoms with Gasteiger partial charge in [0.1, 0.15) is 11.5 Å². The highest BCUT2D eigenvalue weighted by molar-refractivity contribution is 7.99. The molecule has 0 fully saturated rings. The van der Waals surface area contributed by atoms with Gasteiger partial charge in [-0.05, 0) is 30.0 Å². The highest BCUT2D eigenvalue weighted by Crippen LogP contribution is 2.36. The summed E-state index contributed by atoms with van der Waals surface area (Å²) in [6.07, 6.45) is 0. The summed E-state index contributed by atoms with van der Waals surface area (Å²) in [5, 5.41) is 4.13. The van der Waals surface area contributed by atoms with Gasteiger partial charge in [0.25, 0.3) is 0 Å². The van der Waals surface area contributed by atoms with Crippen molar-refractivity contribution in [3.05, 3.63) is 41.4 Å². The van der Waals surface area contributed by atoms with E-state index in [9.17, 15) is 4.79 Å². The molecule has 136 valence electrons. The standard InChI is InChI=1S/C18H18ClN3O3S/c1-22-14-7-5-4-6-12(14)21-18(22)26-10-17(23)20-13-8-11(19)15(24-2)9-16(13)25-3/h4-9H,10H2,1-3H3,(H,20,23)/p+1. The van der Waals surface area contributed by atoms with E-state index >= 15 is 0 Å². The Balaban J connectivity index is 1.71. The minimum Gasteiger partial charge on any atom is -0.495 e. The quantitative estimate of drug-likeness (QED) is 0.498. The van der Waals surface area contributed by atoms with E-state index < -0.39 is 0 Å². The first-order chi connectivity index (χ1) is 12.5. The van der Waals surface area contributed by atoms with E-state index in [4.69, 9.17) is 21.1 Å². The molecule has 0 radical (unpaired) electrons. The maximum absolute atomic E-state index is 12.4. The number of halogens is 1.